The summed E-state index contributed by atoms with van der Waals surface area (Å²) in [5.74, 6) is -13.0. The summed E-state index contributed by atoms with van der Waals surface area (Å²) in [6.07, 6.45) is -22.6. The highest BCUT2D eigenvalue weighted by atomic mass is 19.4. The van der Waals surface area contributed by atoms with Crippen molar-refractivity contribution in [3.63, 3.8) is 0 Å². The van der Waals surface area contributed by atoms with E-state index in [2.05, 4.69) is 0 Å². The predicted molar refractivity (Wildman–Crippen MR) is 37.2 cm³/mol. The summed E-state index contributed by atoms with van der Waals surface area (Å²) in [6.45, 7) is 0. The summed E-state index contributed by atoms with van der Waals surface area (Å²) in [5.41, 5.74) is 0. The average molecular weight is 348 g/mol. The minimum atomic E-state index is -7.00. The van der Waals surface area contributed by atoms with Crippen LogP contribution in [0.5, 0.6) is 0 Å². The number of allylic oxidation sites excluding steroid dienone is 1. The highest BCUT2D eigenvalue weighted by Gasteiger charge is 2.76. The van der Waals surface area contributed by atoms with Gasteiger partial charge >= 0.3 is 30.3 Å². The Balaban J connectivity index is 5.61. The Labute approximate surface area is 106 Å². The largest absolute Gasteiger partial charge is 0.470 e. The molecule has 14 heteroatoms. The summed E-state index contributed by atoms with van der Waals surface area (Å²) in [7, 11) is 0. The van der Waals surface area contributed by atoms with Gasteiger partial charge in [-0.25, -0.2) is 0 Å². The van der Waals surface area contributed by atoms with E-state index in [4.69, 9.17) is 0 Å². The minimum Gasteiger partial charge on any atom is -0.418 e. The molecule has 0 unspecified atom stereocenters. The zero-order valence-electron chi connectivity index (χ0n) is 8.90. The maximum Gasteiger partial charge on any atom is 0.470 e. The molecular formula is C7HF13O. The van der Waals surface area contributed by atoms with Crippen LogP contribution in [0.15, 0.2) is 12.1 Å². The quantitative estimate of drug-likeness (QED) is 0.526. The summed E-state index contributed by atoms with van der Waals surface area (Å²) >= 11 is 0. The molecule has 0 amide bonds. The number of hydrogen-bond acceptors (Lipinski definition) is 1. The van der Waals surface area contributed by atoms with E-state index in [1.165, 1.54) is 0 Å². The van der Waals surface area contributed by atoms with Crippen LogP contribution in [-0.4, -0.2) is 30.3 Å². The topological polar surface area (TPSA) is 9.23 Å². The number of alkyl halides is 12. The molecule has 0 aliphatic rings. The summed E-state index contributed by atoms with van der Waals surface area (Å²) in [5, 5.41) is 0. The van der Waals surface area contributed by atoms with Crippen molar-refractivity contribution in [3.8, 4) is 0 Å². The van der Waals surface area contributed by atoms with Gasteiger partial charge in [0.2, 0.25) is 0 Å². The summed E-state index contributed by atoms with van der Waals surface area (Å²) in [4.78, 5) is 0. The maximum absolute atomic E-state index is 12.6. The van der Waals surface area contributed by atoms with Gasteiger partial charge < -0.3 is 4.74 Å². The Morgan fingerprint density at radius 1 is 0.619 bits per heavy atom. The molecule has 0 spiro atoms. The Bertz CT molecular complexity index is 382. The van der Waals surface area contributed by atoms with Crippen LogP contribution in [0.25, 0.3) is 0 Å². The Morgan fingerprint density at radius 2 is 0.952 bits per heavy atom. The van der Waals surface area contributed by atoms with Crippen molar-refractivity contribution >= 4 is 0 Å². The lowest BCUT2D eigenvalue weighted by Gasteiger charge is -2.29. The molecule has 0 aromatic heterocycles. The normalized spacial score (nSPS) is 16.1. The molecule has 0 saturated carbocycles. The van der Waals surface area contributed by atoms with Gasteiger partial charge in [-0.15, -0.1) is 0 Å². The fourth-order valence-electron chi connectivity index (χ4n) is 0.665. The molecule has 0 aliphatic carbocycles. The predicted octanol–water partition coefficient (Wildman–Crippen LogP) is 4.80. The Hall–Kier alpha value is -1.37. The van der Waals surface area contributed by atoms with Crippen LogP contribution in [0.2, 0.25) is 0 Å². The smallest absolute Gasteiger partial charge is 0.418 e. The second-order valence-corrected chi connectivity index (χ2v) is 3.26. The molecular weight excluding hydrogens is 347 g/mol. The third-order valence-electron chi connectivity index (χ3n) is 1.64. The molecule has 0 fully saturated rings. The van der Waals surface area contributed by atoms with Crippen LogP contribution in [0.4, 0.5) is 57.1 Å². The average Bonchev–Trinajstić information content (AvgIpc) is 2.10. The van der Waals surface area contributed by atoms with Gasteiger partial charge in [0.1, 0.15) is 0 Å². The summed E-state index contributed by atoms with van der Waals surface area (Å²) < 4.78 is 157. The lowest BCUT2D eigenvalue weighted by atomic mass is 10.3. The monoisotopic (exact) mass is 348 g/mol. The first-order chi connectivity index (χ1) is 8.85. The van der Waals surface area contributed by atoms with Gasteiger partial charge in [-0.3, -0.25) is 0 Å². The zero-order valence-corrected chi connectivity index (χ0v) is 8.90. The van der Waals surface area contributed by atoms with Crippen molar-refractivity contribution in [1.29, 1.82) is 0 Å². The molecule has 0 atom stereocenters. The summed E-state index contributed by atoms with van der Waals surface area (Å²) in [6, 6.07) is -3.76. The van der Waals surface area contributed by atoms with Gasteiger partial charge in [0.05, 0.1) is 6.08 Å². The third-order valence-corrected chi connectivity index (χ3v) is 1.64. The molecule has 0 aromatic rings. The van der Waals surface area contributed by atoms with E-state index in [9.17, 15) is 57.1 Å². The Morgan fingerprint density at radius 3 is 1.19 bits per heavy atom. The van der Waals surface area contributed by atoms with Gasteiger partial charge in [-0.1, -0.05) is 0 Å². The van der Waals surface area contributed by atoms with Crippen LogP contribution in [0.1, 0.15) is 0 Å². The molecule has 0 saturated heterocycles. The van der Waals surface area contributed by atoms with E-state index < -0.39 is 42.4 Å². The standard InChI is InChI=1S/C7HF13O/c8-2(1-3(9,10)5(12,13)14)21-4(11,6(15,16)17)7(18,19)20/h1H/b2-1+. The van der Waals surface area contributed by atoms with E-state index in [1.54, 1.807) is 0 Å². The van der Waals surface area contributed by atoms with E-state index in [0.717, 1.165) is 0 Å². The second kappa shape index (κ2) is 5.12. The molecule has 0 radical (unpaired) electrons. The molecule has 0 aromatic carbocycles. The van der Waals surface area contributed by atoms with Crippen molar-refractivity contribution in [2.45, 2.75) is 30.3 Å². The number of hydrogen-bond donors (Lipinski definition) is 0. The van der Waals surface area contributed by atoms with Crippen molar-refractivity contribution in [2.75, 3.05) is 0 Å². The van der Waals surface area contributed by atoms with Crippen LogP contribution < -0.4 is 0 Å². The van der Waals surface area contributed by atoms with Gasteiger partial charge in [0.25, 0.3) is 6.01 Å². The lowest BCUT2D eigenvalue weighted by Crippen LogP contribution is -2.55. The molecule has 0 heterocycles. The number of halogens is 13. The van der Waals surface area contributed by atoms with Crippen LogP contribution >= 0.6 is 0 Å². The first-order valence-electron chi connectivity index (χ1n) is 4.19. The number of ether oxygens (including phenoxy) is 1. The molecule has 0 N–H and O–H groups in total. The Kier molecular flexibility index (Phi) is 4.79. The molecule has 0 rings (SSSR count). The SMILES string of the molecule is F/C(=C\C(F)(F)C(F)(F)F)OC(F)(C(F)(F)F)C(F)(F)F. The molecule has 0 aliphatic heterocycles. The van der Waals surface area contributed by atoms with Crippen molar-refractivity contribution in [2.24, 2.45) is 0 Å². The molecule has 1 nitrogen and oxygen atoms in total. The first kappa shape index (κ1) is 19.6. The molecule has 126 valence electrons. The van der Waals surface area contributed by atoms with Crippen LogP contribution in [0, 0.1) is 0 Å². The fraction of sp³-hybridized carbons (Fsp3) is 0.714. The molecule has 0 bridgehead atoms. The highest BCUT2D eigenvalue weighted by Crippen LogP contribution is 2.48. The minimum absolute atomic E-state index is 2.00. The fourth-order valence-corrected chi connectivity index (χ4v) is 0.665. The van der Waals surface area contributed by atoms with Crippen molar-refractivity contribution in [3.05, 3.63) is 12.1 Å². The van der Waals surface area contributed by atoms with E-state index in [1.807, 2.05) is 4.74 Å². The maximum atomic E-state index is 12.6. The first-order valence-corrected chi connectivity index (χ1v) is 4.19. The van der Waals surface area contributed by atoms with E-state index in [0.29, 0.717) is 0 Å². The van der Waals surface area contributed by atoms with Gasteiger partial charge in [-0.2, -0.15) is 57.1 Å². The highest BCUT2D eigenvalue weighted by molar-refractivity contribution is 5.02. The van der Waals surface area contributed by atoms with Crippen molar-refractivity contribution < 1.29 is 61.8 Å². The van der Waals surface area contributed by atoms with Crippen LogP contribution in [0.3, 0.4) is 0 Å². The third kappa shape index (κ3) is 4.06. The van der Waals surface area contributed by atoms with Gasteiger partial charge in [0.15, 0.2) is 0 Å². The van der Waals surface area contributed by atoms with Crippen LogP contribution in [-0.2, 0) is 4.74 Å². The van der Waals surface area contributed by atoms with E-state index >= 15 is 0 Å². The molecule has 21 heavy (non-hydrogen) atoms. The van der Waals surface area contributed by atoms with Gasteiger partial charge in [0, 0.05) is 0 Å². The van der Waals surface area contributed by atoms with E-state index in [-0.39, 0.29) is 0 Å². The lowest BCUT2D eigenvalue weighted by molar-refractivity contribution is -0.424. The number of rotatable bonds is 3. The zero-order chi connectivity index (χ0) is 17.5. The van der Waals surface area contributed by atoms with Gasteiger partial charge in [-0.05, 0) is 0 Å². The van der Waals surface area contributed by atoms with Crippen molar-refractivity contribution in [1.82, 2.24) is 0 Å². The second-order valence-electron chi connectivity index (χ2n) is 3.26.